The minimum atomic E-state index is -1.44. The summed E-state index contributed by atoms with van der Waals surface area (Å²) in [6, 6.07) is 10.2. The van der Waals surface area contributed by atoms with Crippen molar-refractivity contribution >= 4 is 41.4 Å². The smallest absolute Gasteiger partial charge is 0.303 e. The molecule has 17 nitrogen and oxygen atoms in total. The van der Waals surface area contributed by atoms with Crippen molar-refractivity contribution < 1.29 is 53.2 Å². The summed E-state index contributed by atoms with van der Waals surface area (Å²) in [6.45, 7) is 2.81. The summed E-state index contributed by atoms with van der Waals surface area (Å²) < 4.78 is 11.2. The third-order valence-corrected chi connectivity index (χ3v) is 10.7. The average Bonchev–Trinajstić information content (AvgIpc) is 3.21. The lowest BCUT2D eigenvalue weighted by Gasteiger charge is -2.37. The summed E-state index contributed by atoms with van der Waals surface area (Å²) in [5.74, 6) is -4.74. The molecule has 0 radical (unpaired) electrons. The van der Waals surface area contributed by atoms with Crippen molar-refractivity contribution in [3.05, 3.63) is 83.4 Å². The fourth-order valence-electron chi connectivity index (χ4n) is 7.04. The number of nitrogens with one attached hydrogen (secondary N) is 3. The number of ether oxygens (including phenoxy) is 2. The highest BCUT2D eigenvalue weighted by Crippen LogP contribution is 2.33. The van der Waals surface area contributed by atoms with E-state index in [1.165, 1.54) is 64.0 Å². The molecule has 6 atom stereocenters. The van der Waals surface area contributed by atoms with Crippen LogP contribution in [0.1, 0.15) is 43.4 Å². The molecule has 0 aromatic heterocycles. The first kappa shape index (κ1) is 43.5. The third kappa shape index (κ3) is 10.5. The van der Waals surface area contributed by atoms with E-state index < -0.39 is 84.1 Å². The first-order chi connectivity index (χ1) is 28.0. The second-order valence-corrected chi connectivity index (χ2v) is 14.9. The quantitative estimate of drug-likeness (QED) is 0.239. The molecule has 1 fully saturated rings. The van der Waals surface area contributed by atoms with E-state index in [1.54, 1.807) is 54.6 Å². The number of rotatable bonds is 6. The molecule has 6 bridgehead atoms. The zero-order chi connectivity index (χ0) is 43.1. The van der Waals surface area contributed by atoms with E-state index in [-0.39, 0.29) is 37.2 Å². The molecule has 0 saturated carbocycles. The number of carbonyl (C=O) groups is 7. The first-order valence-corrected chi connectivity index (χ1v) is 19.1. The molecule has 3 aliphatic rings. The number of carboxylic acid groups (broad SMARTS) is 1. The summed E-state index contributed by atoms with van der Waals surface area (Å²) in [7, 11) is 5.66. The van der Waals surface area contributed by atoms with Gasteiger partial charge in [0.25, 0.3) is 0 Å². The van der Waals surface area contributed by atoms with E-state index >= 15 is 0 Å². The van der Waals surface area contributed by atoms with Gasteiger partial charge in [-0.25, -0.2) is 0 Å². The minimum Gasteiger partial charge on any atom is -0.504 e. The molecule has 3 heterocycles. The minimum absolute atomic E-state index is 0.00881. The van der Waals surface area contributed by atoms with Crippen molar-refractivity contribution in [3.8, 4) is 23.0 Å². The maximum absolute atomic E-state index is 14.7. The summed E-state index contributed by atoms with van der Waals surface area (Å²) in [5.41, 5.74) is 1.73. The lowest BCUT2D eigenvalue weighted by atomic mass is 9.98. The van der Waals surface area contributed by atoms with E-state index in [4.69, 9.17) is 9.47 Å². The highest BCUT2D eigenvalue weighted by Gasteiger charge is 2.40. The van der Waals surface area contributed by atoms with E-state index in [9.17, 15) is 43.8 Å². The van der Waals surface area contributed by atoms with Gasteiger partial charge in [-0.1, -0.05) is 30.3 Å². The number of carboxylic acids is 1. The summed E-state index contributed by atoms with van der Waals surface area (Å²) in [6.07, 6.45) is -1.04. The van der Waals surface area contributed by atoms with Crippen LogP contribution in [0.4, 0.5) is 0 Å². The summed E-state index contributed by atoms with van der Waals surface area (Å²) >= 11 is 0. The Morgan fingerprint density at radius 2 is 1.34 bits per heavy atom. The largest absolute Gasteiger partial charge is 0.504 e. The number of amides is 6. The number of likely N-dealkylation sites (N-methyl/N-ethyl adjacent to an activating group) is 3. The number of benzene rings is 3. The zero-order valence-corrected chi connectivity index (χ0v) is 33.8. The number of fused-ring (bicyclic) bond motifs is 2. The Hall–Kier alpha value is -6.65. The maximum Gasteiger partial charge on any atom is 0.303 e. The van der Waals surface area contributed by atoms with Crippen LogP contribution in [0.2, 0.25) is 0 Å². The predicted molar refractivity (Wildman–Crippen MR) is 212 cm³/mol. The number of nitrogens with zero attached hydrogens (tertiary/aromatic N) is 3. The van der Waals surface area contributed by atoms with E-state index in [2.05, 4.69) is 16.0 Å². The normalized spacial score (nSPS) is 23.7. The SMILES string of the molecule is COc1ccc(C[C@H]2C(=O)N[C@@H](C)C(=O)N(C)C3Cc4ccc(cc4)Oc4cc(ccc4O)C[C@@H](C(=O)N[C@H](C)C(=O)N[C@@H](CCC(=O)O)C(=O)N2C)N(C)C3=O)cc1. The van der Waals surface area contributed by atoms with Crippen LogP contribution in [0, 0.1) is 0 Å². The van der Waals surface area contributed by atoms with Crippen LogP contribution in [0.15, 0.2) is 66.7 Å². The molecule has 3 aromatic rings. The van der Waals surface area contributed by atoms with E-state index in [0.29, 0.717) is 28.2 Å². The van der Waals surface area contributed by atoms with Gasteiger partial charge in [0.2, 0.25) is 35.4 Å². The van der Waals surface area contributed by atoms with Gasteiger partial charge in [0, 0.05) is 46.8 Å². The Labute approximate surface area is 341 Å². The zero-order valence-electron chi connectivity index (χ0n) is 33.8. The Kier molecular flexibility index (Phi) is 13.8. The molecule has 0 aliphatic carbocycles. The van der Waals surface area contributed by atoms with Crippen LogP contribution in [-0.4, -0.2) is 131 Å². The van der Waals surface area contributed by atoms with Crippen molar-refractivity contribution in [1.29, 1.82) is 0 Å². The lowest BCUT2D eigenvalue weighted by Crippen LogP contribution is -2.62. The number of carbonyl (C=O) groups excluding carboxylic acids is 6. The molecular formula is C42H50N6O11. The molecule has 6 rings (SSSR count). The standard InChI is InChI=1S/C42H50N6O11/c1-23-37(52)45-30(16-18-36(50)51)41(56)46(3)31(19-25-7-12-28(58-6)13-8-25)39(54)44-24(2)40(55)48(5)33-20-26-9-14-29(15-10-26)59-35-22-27(11-17-34(35)49)21-32(38(53)43-23)47(4)42(33)57/h7-15,17,22-24,30-33,49H,16,18-21H2,1-6H3,(H,43,53)(H,44,54)(H,45,52)(H,50,51)/t23-,24+,30+,31+,32+,33?/m1/s1. The molecule has 314 valence electrons. The molecular weight excluding hydrogens is 764 g/mol. The van der Waals surface area contributed by atoms with Crippen molar-refractivity contribution in [2.45, 2.75) is 82.2 Å². The number of aromatic hydroxyl groups is 1. The first-order valence-electron chi connectivity index (χ1n) is 19.1. The maximum atomic E-state index is 14.7. The van der Waals surface area contributed by atoms with Crippen molar-refractivity contribution in [2.24, 2.45) is 0 Å². The van der Waals surface area contributed by atoms with Crippen molar-refractivity contribution in [2.75, 3.05) is 28.3 Å². The van der Waals surface area contributed by atoms with Gasteiger partial charge in [0.1, 0.15) is 47.8 Å². The van der Waals surface area contributed by atoms with Gasteiger partial charge in [-0.15, -0.1) is 0 Å². The fourth-order valence-corrected chi connectivity index (χ4v) is 7.04. The molecule has 17 heteroatoms. The molecule has 0 spiro atoms. The highest BCUT2D eigenvalue weighted by molar-refractivity contribution is 5.98. The van der Waals surface area contributed by atoms with Crippen LogP contribution < -0.4 is 25.4 Å². The van der Waals surface area contributed by atoms with Crippen LogP contribution in [0.3, 0.4) is 0 Å². The molecule has 59 heavy (non-hydrogen) atoms. The molecule has 3 aromatic carbocycles. The number of hydrogen-bond acceptors (Lipinski definition) is 10. The molecule has 1 saturated heterocycles. The second-order valence-electron chi connectivity index (χ2n) is 14.9. The number of phenols is 1. The van der Waals surface area contributed by atoms with Crippen LogP contribution >= 0.6 is 0 Å². The predicted octanol–water partition coefficient (Wildman–Crippen LogP) is 1.39. The van der Waals surface area contributed by atoms with Gasteiger partial charge in [-0.3, -0.25) is 33.6 Å². The van der Waals surface area contributed by atoms with Gasteiger partial charge in [-0.2, -0.15) is 0 Å². The van der Waals surface area contributed by atoms with Crippen LogP contribution in [0.5, 0.6) is 23.0 Å². The van der Waals surface area contributed by atoms with Gasteiger partial charge in [-0.05, 0) is 73.4 Å². The third-order valence-electron chi connectivity index (χ3n) is 10.7. The van der Waals surface area contributed by atoms with Crippen LogP contribution in [0.25, 0.3) is 0 Å². The fraction of sp³-hybridized carbons (Fsp3) is 0.405. The van der Waals surface area contributed by atoms with Crippen molar-refractivity contribution in [3.63, 3.8) is 0 Å². The molecule has 1 unspecified atom stereocenters. The van der Waals surface area contributed by atoms with Gasteiger partial charge >= 0.3 is 5.97 Å². The van der Waals surface area contributed by atoms with E-state index in [0.717, 1.165) is 4.90 Å². The number of hydrogen-bond donors (Lipinski definition) is 5. The van der Waals surface area contributed by atoms with Crippen LogP contribution in [-0.2, 0) is 52.8 Å². The van der Waals surface area contributed by atoms with Gasteiger partial charge in [0.15, 0.2) is 11.5 Å². The van der Waals surface area contributed by atoms with Crippen molar-refractivity contribution in [1.82, 2.24) is 30.7 Å². The van der Waals surface area contributed by atoms with E-state index in [1.807, 2.05) is 0 Å². The van der Waals surface area contributed by atoms with Gasteiger partial charge in [0.05, 0.1) is 7.11 Å². The highest BCUT2D eigenvalue weighted by atomic mass is 16.5. The van der Waals surface area contributed by atoms with Gasteiger partial charge < -0.3 is 50.3 Å². The second kappa shape index (κ2) is 18.7. The Morgan fingerprint density at radius 1 is 0.729 bits per heavy atom. The Bertz CT molecular complexity index is 2080. The Morgan fingerprint density at radius 3 is 1.98 bits per heavy atom. The average molecular weight is 815 g/mol. The molecule has 6 amide bonds. The number of phenolic OH excluding ortho intramolecular Hbond substituents is 1. The monoisotopic (exact) mass is 814 g/mol. The molecule has 3 aliphatic heterocycles. The Balaban J connectivity index is 1.60. The number of aliphatic carboxylic acids is 1. The summed E-state index contributed by atoms with van der Waals surface area (Å²) in [5, 5.41) is 28.0. The molecule has 5 N–H and O–H groups in total. The lowest BCUT2D eigenvalue weighted by molar-refractivity contribution is -0.149. The topological polar surface area (TPSA) is 224 Å². The summed E-state index contributed by atoms with van der Waals surface area (Å²) in [4.78, 5) is 100. The number of methoxy groups -OCH3 is 1.